The van der Waals surface area contributed by atoms with Gasteiger partial charge in [-0.1, -0.05) is 189 Å². The Morgan fingerprint density at radius 3 is 1.71 bits per heavy atom. The number of benzene rings is 8. The number of para-hydroxylation sites is 1. The summed E-state index contributed by atoms with van der Waals surface area (Å²) in [6.45, 7) is 4.71. The van der Waals surface area contributed by atoms with Crippen LogP contribution in [0.2, 0.25) is 0 Å². The van der Waals surface area contributed by atoms with Gasteiger partial charge in [-0.25, -0.2) is 15.0 Å². The van der Waals surface area contributed by atoms with Crippen LogP contribution in [0.15, 0.2) is 219 Å². The molecule has 0 bridgehead atoms. The third-order valence-corrected chi connectivity index (χ3v) is 12.5. The smallest absolute Gasteiger partial charge is 0.164 e. The van der Waals surface area contributed by atoms with Crippen molar-refractivity contribution in [2.75, 3.05) is 0 Å². The van der Waals surface area contributed by atoms with Gasteiger partial charge in [-0.05, 0) is 58.7 Å². The molecule has 0 amide bonds. The van der Waals surface area contributed by atoms with E-state index in [1.807, 2.05) is 47.7 Å². The van der Waals surface area contributed by atoms with E-state index in [2.05, 4.69) is 187 Å². The molecule has 62 heavy (non-hydrogen) atoms. The average Bonchev–Trinajstić information content (AvgIpc) is 3.89. The maximum absolute atomic E-state index is 5.15. The molecule has 0 spiro atoms. The van der Waals surface area contributed by atoms with Crippen LogP contribution < -0.4 is 0 Å². The number of thiophene rings is 1. The maximum atomic E-state index is 5.15. The van der Waals surface area contributed by atoms with E-state index in [1.54, 1.807) is 0 Å². The topological polar surface area (TPSA) is 43.6 Å². The van der Waals surface area contributed by atoms with E-state index >= 15 is 0 Å². The average molecular weight is 811 g/mol. The highest BCUT2D eigenvalue weighted by molar-refractivity contribution is 7.26. The lowest BCUT2D eigenvalue weighted by Gasteiger charge is -2.18. The molecule has 0 aliphatic rings. The predicted octanol–water partition coefficient (Wildman–Crippen LogP) is 15.1. The molecule has 11 aromatic rings. The normalized spacial score (nSPS) is 12.1. The van der Waals surface area contributed by atoms with Crippen LogP contribution >= 0.6 is 11.3 Å². The molecule has 3 aromatic heterocycles. The molecule has 3 heterocycles. The Morgan fingerprint density at radius 2 is 1.00 bits per heavy atom. The summed E-state index contributed by atoms with van der Waals surface area (Å²) in [4.78, 5) is 15.3. The van der Waals surface area contributed by atoms with Crippen LogP contribution in [0.3, 0.4) is 0 Å². The summed E-state index contributed by atoms with van der Waals surface area (Å²) in [5.41, 5.74) is 11.1. The Morgan fingerprint density at radius 1 is 0.452 bits per heavy atom. The van der Waals surface area contributed by atoms with Crippen LogP contribution in [0.5, 0.6) is 0 Å². The van der Waals surface area contributed by atoms with Crippen molar-refractivity contribution in [3.05, 3.63) is 236 Å². The van der Waals surface area contributed by atoms with Crippen molar-refractivity contribution in [1.29, 1.82) is 0 Å². The Hall–Kier alpha value is -7.99. The molecule has 0 aliphatic carbocycles. The van der Waals surface area contributed by atoms with Gasteiger partial charge in [-0.2, -0.15) is 0 Å². The molecule has 0 N–H and O–H groups in total. The number of aromatic nitrogens is 4. The van der Waals surface area contributed by atoms with E-state index in [0.29, 0.717) is 23.0 Å². The summed E-state index contributed by atoms with van der Waals surface area (Å²) < 4.78 is 4.99. The fourth-order valence-electron chi connectivity index (χ4n) is 8.47. The van der Waals surface area contributed by atoms with Gasteiger partial charge in [0.25, 0.3) is 0 Å². The maximum Gasteiger partial charge on any atom is 0.164 e. The minimum Gasteiger partial charge on any atom is -0.309 e. The van der Waals surface area contributed by atoms with Crippen LogP contribution in [0, 0.1) is 0 Å². The van der Waals surface area contributed by atoms with Gasteiger partial charge >= 0.3 is 0 Å². The van der Waals surface area contributed by atoms with Crippen molar-refractivity contribution in [1.82, 2.24) is 19.5 Å². The summed E-state index contributed by atoms with van der Waals surface area (Å²) in [5.74, 6) is 1.67. The molecule has 0 atom stereocenters. The second-order valence-corrected chi connectivity index (χ2v) is 16.4. The van der Waals surface area contributed by atoms with Gasteiger partial charge < -0.3 is 4.57 Å². The molecular formula is C57H38N4S. The Kier molecular flexibility index (Phi) is 9.49. The van der Waals surface area contributed by atoms with Crippen LogP contribution in [0.25, 0.3) is 98.8 Å². The third kappa shape index (κ3) is 6.81. The number of hydrogen-bond acceptors (Lipinski definition) is 4. The molecule has 0 fully saturated rings. The van der Waals surface area contributed by atoms with Crippen molar-refractivity contribution >= 4 is 76.2 Å². The van der Waals surface area contributed by atoms with Gasteiger partial charge in [0.2, 0.25) is 0 Å². The van der Waals surface area contributed by atoms with E-state index in [9.17, 15) is 0 Å². The van der Waals surface area contributed by atoms with E-state index in [-0.39, 0.29) is 0 Å². The van der Waals surface area contributed by atoms with E-state index < -0.39 is 0 Å². The van der Waals surface area contributed by atoms with Crippen molar-refractivity contribution in [3.63, 3.8) is 0 Å². The van der Waals surface area contributed by atoms with Gasteiger partial charge in [0, 0.05) is 53.2 Å². The molecule has 0 saturated carbocycles. The van der Waals surface area contributed by atoms with E-state index in [1.165, 1.54) is 30.9 Å². The lowest BCUT2D eigenvalue weighted by atomic mass is 9.97. The summed E-state index contributed by atoms with van der Waals surface area (Å²) in [7, 11) is 0. The van der Waals surface area contributed by atoms with Crippen molar-refractivity contribution in [2.45, 2.75) is 0 Å². The second kappa shape index (κ2) is 15.9. The zero-order valence-corrected chi connectivity index (χ0v) is 34.5. The molecule has 0 aliphatic heterocycles. The van der Waals surface area contributed by atoms with Gasteiger partial charge in [0.1, 0.15) is 0 Å². The lowest BCUT2D eigenvalue weighted by Crippen LogP contribution is -2.04. The first-order chi connectivity index (χ1) is 30.7. The second-order valence-electron chi connectivity index (χ2n) is 15.3. The molecule has 0 saturated heterocycles. The predicted molar refractivity (Wildman–Crippen MR) is 263 cm³/mol. The summed E-state index contributed by atoms with van der Waals surface area (Å²) in [6, 6.07) is 72.1. The molecule has 0 radical (unpaired) electrons. The molecule has 5 heteroatoms. The van der Waals surface area contributed by atoms with Gasteiger partial charge in [0.05, 0.1) is 16.7 Å². The monoisotopic (exact) mass is 810 g/mol. The highest BCUT2D eigenvalue weighted by Crippen LogP contribution is 2.45. The Labute approximate surface area is 363 Å². The van der Waals surface area contributed by atoms with Crippen molar-refractivity contribution in [3.8, 4) is 33.9 Å². The van der Waals surface area contributed by atoms with E-state index in [0.717, 1.165) is 55.7 Å². The Bertz CT molecular complexity index is 3490. The molecular weight excluding hydrogens is 773 g/mol. The van der Waals surface area contributed by atoms with Gasteiger partial charge in [-0.3, -0.25) is 0 Å². The van der Waals surface area contributed by atoms with Gasteiger partial charge in [0.15, 0.2) is 17.5 Å². The highest BCUT2D eigenvalue weighted by Gasteiger charge is 2.22. The SMILES string of the molecule is C=C(/C=C(\C(=C\c1ccccc1)n1c2ccccc2c2c3c(ccc21)sc1ccccc13)c1ccccc1)c1nc(-c2ccccc2)nc(-c2ccc(-c3ccccc3)cc2)n1. The molecule has 8 aromatic carbocycles. The number of rotatable bonds is 9. The minimum absolute atomic E-state index is 0.502. The molecule has 0 unspecified atom stereocenters. The fraction of sp³-hybridized carbons (Fsp3) is 0. The van der Waals surface area contributed by atoms with Crippen molar-refractivity contribution in [2.24, 2.45) is 0 Å². The first-order valence-electron chi connectivity index (χ1n) is 20.7. The number of fused-ring (bicyclic) bond motifs is 7. The van der Waals surface area contributed by atoms with Gasteiger partial charge in [-0.15, -0.1) is 11.3 Å². The summed E-state index contributed by atoms with van der Waals surface area (Å²) in [6.07, 6.45) is 4.44. The zero-order valence-electron chi connectivity index (χ0n) is 33.7. The van der Waals surface area contributed by atoms with Crippen LogP contribution in [-0.2, 0) is 0 Å². The zero-order chi connectivity index (χ0) is 41.4. The van der Waals surface area contributed by atoms with Crippen LogP contribution in [-0.4, -0.2) is 19.5 Å². The van der Waals surface area contributed by atoms with Crippen LogP contribution in [0.1, 0.15) is 17.0 Å². The largest absolute Gasteiger partial charge is 0.309 e. The lowest BCUT2D eigenvalue weighted by molar-refractivity contribution is 1.04. The molecule has 11 rings (SSSR count). The first kappa shape index (κ1) is 37.0. The fourth-order valence-corrected chi connectivity index (χ4v) is 9.59. The molecule has 292 valence electrons. The summed E-state index contributed by atoms with van der Waals surface area (Å²) >= 11 is 1.85. The summed E-state index contributed by atoms with van der Waals surface area (Å²) in [5, 5.41) is 5.01. The first-order valence-corrected chi connectivity index (χ1v) is 21.5. The minimum atomic E-state index is 0.502. The standard InChI is InChI=1S/C57H38N4S/c1-38(55-58-56(43-24-12-5-13-25-43)60-57(59-55)44-32-30-41(31-33-44)40-20-8-3-9-21-40)36-47(42-22-10-4-11-23-42)50(37-39-18-6-2-7-19-39)61-48-28-16-14-26-45(48)53-49(61)34-35-52-54(53)46-27-15-17-29-51(46)62-52/h2-37H,1H2/b47-36-,50-37-. The molecule has 4 nitrogen and oxygen atoms in total. The Balaban J connectivity index is 1.14. The van der Waals surface area contributed by atoms with E-state index in [4.69, 9.17) is 21.5 Å². The third-order valence-electron chi connectivity index (χ3n) is 11.4. The highest BCUT2D eigenvalue weighted by atomic mass is 32.1. The number of nitrogens with zero attached hydrogens (tertiary/aromatic N) is 4. The van der Waals surface area contributed by atoms with Crippen LogP contribution in [0.4, 0.5) is 0 Å². The number of allylic oxidation sites excluding steroid dienone is 4. The van der Waals surface area contributed by atoms with Crippen molar-refractivity contribution < 1.29 is 0 Å². The number of hydrogen-bond donors (Lipinski definition) is 0. The quantitative estimate of drug-likeness (QED) is 0.136.